The van der Waals surface area contributed by atoms with Gasteiger partial charge in [0.05, 0.1) is 5.41 Å². The van der Waals surface area contributed by atoms with Crippen molar-refractivity contribution in [2.24, 2.45) is 22.2 Å². The summed E-state index contributed by atoms with van der Waals surface area (Å²) in [4.78, 5) is 11.3. The van der Waals surface area contributed by atoms with Gasteiger partial charge in [0, 0.05) is 0 Å². The van der Waals surface area contributed by atoms with Crippen LogP contribution in [0, 0.1) is 22.2 Å². The molecule has 0 saturated heterocycles. The first-order valence-corrected chi connectivity index (χ1v) is 5.15. The van der Waals surface area contributed by atoms with Crippen LogP contribution in [0.5, 0.6) is 0 Å². The maximum atomic E-state index is 11.3. The Bertz CT molecular complexity index is 289. The SMILES string of the molecule is C[C@@]12CC3C[C@]1(C)CC3(C(=O)O)C2. The summed E-state index contributed by atoms with van der Waals surface area (Å²) in [5, 5.41) is 9.32. The summed E-state index contributed by atoms with van der Waals surface area (Å²) in [6.07, 6.45) is 4.21. The maximum Gasteiger partial charge on any atom is 0.309 e. The van der Waals surface area contributed by atoms with Gasteiger partial charge in [-0.2, -0.15) is 0 Å². The molecule has 2 heteroatoms. The Morgan fingerprint density at radius 3 is 1.85 bits per heavy atom. The van der Waals surface area contributed by atoms with E-state index in [-0.39, 0.29) is 5.41 Å². The summed E-state index contributed by atoms with van der Waals surface area (Å²) in [5.41, 5.74) is 0.371. The van der Waals surface area contributed by atoms with Crippen LogP contribution in [-0.4, -0.2) is 11.1 Å². The normalized spacial score (nSPS) is 62.2. The van der Waals surface area contributed by atoms with Gasteiger partial charge in [-0.3, -0.25) is 4.79 Å². The van der Waals surface area contributed by atoms with Gasteiger partial charge < -0.3 is 5.11 Å². The minimum Gasteiger partial charge on any atom is -0.481 e. The Hall–Kier alpha value is -0.530. The zero-order chi connectivity index (χ0) is 9.48. The van der Waals surface area contributed by atoms with Crippen molar-refractivity contribution < 1.29 is 9.90 Å². The molecule has 2 unspecified atom stereocenters. The van der Waals surface area contributed by atoms with E-state index in [1.807, 2.05) is 0 Å². The molecular formula is C11H16O2. The van der Waals surface area contributed by atoms with E-state index in [9.17, 15) is 9.90 Å². The molecule has 0 heterocycles. The van der Waals surface area contributed by atoms with Gasteiger partial charge in [0.25, 0.3) is 0 Å². The van der Waals surface area contributed by atoms with Crippen LogP contribution in [0.15, 0.2) is 0 Å². The highest BCUT2D eigenvalue weighted by Gasteiger charge is 2.76. The lowest BCUT2D eigenvalue weighted by atomic mass is 9.71. The van der Waals surface area contributed by atoms with Crippen molar-refractivity contribution in [1.29, 1.82) is 0 Å². The Morgan fingerprint density at radius 1 is 1.23 bits per heavy atom. The van der Waals surface area contributed by atoms with Crippen LogP contribution in [0.3, 0.4) is 0 Å². The van der Waals surface area contributed by atoms with Gasteiger partial charge in [-0.05, 0) is 42.4 Å². The molecule has 0 aromatic carbocycles. The number of carboxylic acids is 1. The molecule has 72 valence electrons. The first-order valence-electron chi connectivity index (χ1n) is 5.15. The van der Waals surface area contributed by atoms with Gasteiger partial charge in [-0.25, -0.2) is 0 Å². The molecule has 13 heavy (non-hydrogen) atoms. The summed E-state index contributed by atoms with van der Waals surface area (Å²) < 4.78 is 0. The molecule has 0 amide bonds. The Morgan fingerprint density at radius 2 is 1.69 bits per heavy atom. The number of hydrogen-bond donors (Lipinski definition) is 1. The van der Waals surface area contributed by atoms with E-state index in [1.165, 1.54) is 0 Å². The highest BCUT2D eigenvalue weighted by atomic mass is 16.4. The van der Waals surface area contributed by atoms with E-state index in [0.29, 0.717) is 16.7 Å². The molecule has 4 fully saturated rings. The summed E-state index contributed by atoms with van der Waals surface area (Å²) in [6, 6.07) is 0. The van der Waals surface area contributed by atoms with Crippen molar-refractivity contribution in [2.75, 3.05) is 0 Å². The smallest absolute Gasteiger partial charge is 0.309 e. The van der Waals surface area contributed by atoms with Gasteiger partial charge in [-0.15, -0.1) is 0 Å². The van der Waals surface area contributed by atoms with Crippen LogP contribution in [0.2, 0.25) is 0 Å². The van der Waals surface area contributed by atoms with Crippen molar-refractivity contribution in [3.8, 4) is 0 Å². The minimum atomic E-state index is -0.526. The molecule has 4 aliphatic rings. The third-order valence-electron chi connectivity index (χ3n) is 5.47. The third kappa shape index (κ3) is 0.570. The van der Waals surface area contributed by atoms with Gasteiger partial charge in [-0.1, -0.05) is 13.8 Å². The summed E-state index contributed by atoms with van der Waals surface area (Å²) in [6.45, 7) is 4.59. The molecule has 4 saturated carbocycles. The molecule has 4 rings (SSSR count). The molecular weight excluding hydrogens is 164 g/mol. The van der Waals surface area contributed by atoms with Crippen molar-refractivity contribution in [1.82, 2.24) is 0 Å². The van der Waals surface area contributed by atoms with E-state index >= 15 is 0 Å². The minimum absolute atomic E-state index is 0.316. The van der Waals surface area contributed by atoms with Crippen LogP contribution in [0.4, 0.5) is 0 Å². The number of rotatable bonds is 1. The second kappa shape index (κ2) is 1.67. The van der Waals surface area contributed by atoms with Crippen LogP contribution in [-0.2, 0) is 4.79 Å². The fourth-order valence-corrected chi connectivity index (χ4v) is 4.68. The summed E-state index contributed by atoms with van der Waals surface area (Å²) in [5.74, 6) is -0.0394. The first kappa shape index (κ1) is 7.84. The lowest BCUT2D eigenvalue weighted by Crippen LogP contribution is -2.29. The molecule has 0 aliphatic heterocycles. The fourth-order valence-electron chi connectivity index (χ4n) is 4.68. The highest BCUT2D eigenvalue weighted by molar-refractivity contribution is 5.78. The zero-order valence-corrected chi connectivity index (χ0v) is 8.26. The van der Waals surface area contributed by atoms with Crippen molar-refractivity contribution >= 4 is 5.97 Å². The highest BCUT2D eigenvalue weighted by Crippen LogP contribution is 2.81. The molecule has 4 atom stereocenters. The second-order valence-corrected chi connectivity index (χ2v) is 6.04. The summed E-state index contributed by atoms with van der Waals surface area (Å²) in [7, 11) is 0. The molecule has 2 nitrogen and oxygen atoms in total. The number of hydrogen-bond acceptors (Lipinski definition) is 1. The number of carboxylic acid groups (broad SMARTS) is 1. The quantitative estimate of drug-likeness (QED) is 0.672. The van der Waals surface area contributed by atoms with Crippen LogP contribution >= 0.6 is 0 Å². The summed E-state index contributed by atoms with van der Waals surface area (Å²) >= 11 is 0. The predicted molar refractivity (Wildman–Crippen MR) is 48.2 cm³/mol. The first-order chi connectivity index (χ1) is 5.92. The van der Waals surface area contributed by atoms with Crippen molar-refractivity contribution in [3.05, 3.63) is 0 Å². The number of carbonyl (C=O) groups is 1. The van der Waals surface area contributed by atoms with Gasteiger partial charge in [0.2, 0.25) is 0 Å². The Balaban J connectivity index is 2.14. The van der Waals surface area contributed by atoms with Gasteiger partial charge >= 0.3 is 5.97 Å². The number of aliphatic carboxylic acids is 1. The van der Waals surface area contributed by atoms with E-state index in [4.69, 9.17) is 0 Å². The Kier molecular flexibility index (Phi) is 1.00. The topological polar surface area (TPSA) is 37.3 Å². The largest absolute Gasteiger partial charge is 0.481 e. The van der Waals surface area contributed by atoms with Crippen LogP contribution < -0.4 is 0 Å². The van der Waals surface area contributed by atoms with E-state index in [1.54, 1.807) is 0 Å². The monoisotopic (exact) mass is 180 g/mol. The lowest BCUT2D eigenvalue weighted by molar-refractivity contribution is -0.149. The fraction of sp³-hybridized carbons (Fsp3) is 0.909. The molecule has 4 bridgehead atoms. The molecule has 4 aliphatic carbocycles. The average molecular weight is 180 g/mol. The van der Waals surface area contributed by atoms with Crippen molar-refractivity contribution in [3.63, 3.8) is 0 Å². The van der Waals surface area contributed by atoms with Gasteiger partial charge in [0.15, 0.2) is 0 Å². The average Bonchev–Trinajstić information content (AvgIpc) is 2.49. The second-order valence-electron chi connectivity index (χ2n) is 6.04. The molecule has 0 aromatic rings. The van der Waals surface area contributed by atoms with E-state index in [2.05, 4.69) is 13.8 Å². The van der Waals surface area contributed by atoms with Crippen LogP contribution in [0.25, 0.3) is 0 Å². The van der Waals surface area contributed by atoms with Gasteiger partial charge in [0.1, 0.15) is 0 Å². The molecule has 0 radical (unpaired) electrons. The molecule has 0 aromatic heterocycles. The van der Waals surface area contributed by atoms with E-state index < -0.39 is 5.97 Å². The predicted octanol–water partition coefficient (Wildman–Crippen LogP) is 2.29. The Labute approximate surface area is 78.3 Å². The lowest BCUT2D eigenvalue weighted by Gasteiger charge is -2.33. The maximum absolute atomic E-state index is 11.3. The standard InChI is InChI=1S/C11H16O2/c1-9-3-7-4-10(9,2)6-11(7,5-9)8(12)13/h7H,3-6H2,1-2H3,(H,12,13)/t7?,9-,10+,11?. The van der Waals surface area contributed by atoms with E-state index in [0.717, 1.165) is 25.7 Å². The molecule has 0 spiro atoms. The van der Waals surface area contributed by atoms with Crippen LogP contribution in [0.1, 0.15) is 39.5 Å². The third-order valence-corrected chi connectivity index (χ3v) is 5.47. The van der Waals surface area contributed by atoms with Crippen molar-refractivity contribution in [2.45, 2.75) is 39.5 Å². The zero-order valence-electron chi connectivity index (χ0n) is 8.26. The molecule has 1 N–H and O–H groups in total.